The second-order valence-corrected chi connectivity index (χ2v) is 5.33. The second-order valence-electron chi connectivity index (χ2n) is 4.41. The zero-order valence-corrected chi connectivity index (χ0v) is 11.5. The monoisotopic (exact) mass is 313 g/mol. The average molecular weight is 314 g/mol. The summed E-state index contributed by atoms with van der Waals surface area (Å²) in [7, 11) is 0. The number of amides is 1. The number of aromatic nitrogens is 1. The molecule has 3 N–H and O–H groups in total. The Morgan fingerprint density at radius 2 is 2.11 bits per heavy atom. The molecule has 1 aliphatic rings. The SMILES string of the molecule is NNC(=O)[C@H]1CC[C@H](Oc2ccc(Br)cn2)CC1. The molecule has 0 atom stereocenters. The number of rotatable bonds is 3. The summed E-state index contributed by atoms with van der Waals surface area (Å²) in [6.45, 7) is 0. The summed E-state index contributed by atoms with van der Waals surface area (Å²) in [6.07, 6.45) is 5.18. The molecule has 0 aliphatic heterocycles. The van der Waals surface area contributed by atoms with Crippen molar-refractivity contribution in [2.45, 2.75) is 31.8 Å². The maximum absolute atomic E-state index is 11.4. The molecule has 98 valence electrons. The van der Waals surface area contributed by atoms with E-state index in [9.17, 15) is 4.79 Å². The van der Waals surface area contributed by atoms with Crippen LogP contribution in [0, 0.1) is 5.92 Å². The molecule has 0 bridgehead atoms. The summed E-state index contributed by atoms with van der Waals surface area (Å²) in [4.78, 5) is 15.5. The fourth-order valence-corrected chi connectivity index (χ4v) is 2.40. The van der Waals surface area contributed by atoms with Gasteiger partial charge in [-0.1, -0.05) is 0 Å². The summed E-state index contributed by atoms with van der Waals surface area (Å²) in [5.41, 5.74) is 2.21. The van der Waals surface area contributed by atoms with Gasteiger partial charge in [0.25, 0.3) is 0 Å². The number of halogens is 1. The van der Waals surface area contributed by atoms with E-state index in [4.69, 9.17) is 10.6 Å². The first-order valence-electron chi connectivity index (χ1n) is 5.97. The van der Waals surface area contributed by atoms with Crippen molar-refractivity contribution >= 4 is 21.8 Å². The number of nitrogens with one attached hydrogen (secondary N) is 1. The molecule has 1 fully saturated rings. The Kier molecular flexibility index (Phi) is 4.54. The number of nitrogens with two attached hydrogens (primary N) is 1. The molecule has 2 rings (SSSR count). The van der Waals surface area contributed by atoms with Crippen LogP contribution < -0.4 is 16.0 Å². The van der Waals surface area contributed by atoms with Crippen molar-refractivity contribution < 1.29 is 9.53 Å². The minimum Gasteiger partial charge on any atom is -0.474 e. The van der Waals surface area contributed by atoms with E-state index in [2.05, 4.69) is 26.3 Å². The molecule has 1 aromatic heterocycles. The van der Waals surface area contributed by atoms with Crippen LogP contribution in [0.15, 0.2) is 22.8 Å². The summed E-state index contributed by atoms with van der Waals surface area (Å²) in [5, 5.41) is 0. The van der Waals surface area contributed by atoms with Gasteiger partial charge < -0.3 is 4.74 Å². The van der Waals surface area contributed by atoms with E-state index < -0.39 is 0 Å². The third kappa shape index (κ3) is 3.43. The van der Waals surface area contributed by atoms with Gasteiger partial charge in [-0.25, -0.2) is 10.8 Å². The Morgan fingerprint density at radius 1 is 1.39 bits per heavy atom. The smallest absolute Gasteiger partial charge is 0.236 e. The van der Waals surface area contributed by atoms with Gasteiger partial charge in [0.2, 0.25) is 11.8 Å². The van der Waals surface area contributed by atoms with Crippen LogP contribution in [0.1, 0.15) is 25.7 Å². The maximum Gasteiger partial charge on any atom is 0.236 e. The van der Waals surface area contributed by atoms with E-state index in [1.54, 1.807) is 6.20 Å². The van der Waals surface area contributed by atoms with Crippen LogP contribution in [-0.4, -0.2) is 17.0 Å². The number of hydrazine groups is 1. The molecule has 0 aromatic carbocycles. The summed E-state index contributed by atoms with van der Waals surface area (Å²) < 4.78 is 6.71. The third-order valence-corrected chi connectivity index (χ3v) is 3.64. The fraction of sp³-hybridized carbons (Fsp3) is 0.500. The minimum absolute atomic E-state index is 0.0210. The Hall–Kier alpha value is -1.14. The first kappa shape index (κ1) is 13.3. The van der Waals surface area contributed by atoms with Gasteiger partial charge in [0.05, 0.1) is 0 Å². The quantitative estimate of drug-likeness (QED) is 0.506. The van der Waals surface area contributed by atoms with Gasteiger partial charge in [0, 0.05) is 22.7 Å². The first-order valence-corrected chi connectivity index (χ1v) is 6.77. The van der Waals surface area contributed by atoms with E-state index in [-0.39, 0.29) is 17.9 Å². The van der Waals surface area contributed by atoms with Crippen molar-refractivity contribution in [1.29, 1.82) is 0 Å². The van der Waals surface area contributed by atoms with Gasteiger partial charge in [-0.05, 0) is 47.7 Å². The number of hydrogen-bond donors (Lipinski definition) is 2. The number of carbonyl (C=O) groups excluding carboxylic acids is 1. The van der Waals surface area contributed by atoms with Crippen LogP contribution in [-0.2, 0) is 4.79 Å². The molecule has 0 spiro atoms. The molecule has 1 amide bonds. The van der Waals surface area contributed by atoms with Gasteiger partial charge in [0.15, 0.2) is 0 Å². The van der Waals surface area contributed by atoms with Crippen molar-refractivity contribution in [3.63, 3.8) is 0 Å². The highest BCUT2D eigenvalue weighted by Crippen LogP contribution is 2.27. The lowest BCUT2D eigenvalue weighted by molar-refractivity contribution is -0.126. The van der Waals surface area contributed by atoms with Gasteiger partial charge >= 0.3 is 0 Å². The van der Waals surface area contributed by atoms with Gasteiger partial charge in [-0.2, -0.15) is 0 Å². The molecule has 1 aromatic rings. The highest BCUT2D eigenvalue weighted by Gasteiger charge is 2.26. The van der Waals surface area contributed by atoms with Crippen LogP contribution in [0.25, 0.3) is 0 Å². The van der Waals surface area contributed by atoms with Crippen LogP contribution in [0.5, 0.6) is 5.88 Å². The molecule has 0 radical (unpaired) electrons. The molecule has 5 nitrogen and oxygen atoms in total. The molecule has 1 saturated carbocycles. The van der Waals surface area contributed by atoms with Crippen molar-refractivity contribution in [3.8, 4) is 5.88 Å². The Labute approximate surface area is 114 Å². The molecule has 1 aliphatic carbocycles. The van der Waals surface area contributed by atoms with Crippen LogP contribution in [0.4, 0.5) is 0 Å². The fourth-order valence-electron chi connectivity index (χ4n) is 2.16. The maximum atomic E-state index is 11.4. The largest absolute Gasteiger partial charge is 0.474 e. The number of carbonyl (C=O) groups is 1. The van der Waals surface area contributed by atoms with Crippen molar-refractivity contribution in [1.82, 2.24) is 10.4 Å². The van der Waals surface area contributed by atoms with E-state index in [1.807, 2.05) is 12.1 Å². The molecular weight excluding hydrogens is 298 g/mol. The van der Waals surface area contributed by atoms with Crippen LogP contribution in [0.3, 0.4) is 0 Å². The average Bonchev–Trinajstić information content (AvgIpc) is 2.41. The van der Waals surface area contributed by atoms with Gasteiger partial charge in [-0.3, -0.25) is 10.2 Å². The molecule has 0 unspecified atom stereocenters. The standard InChI is InChI=1S/C12H16BrN3O2/c13-9-3-6-11(15-7-9)18-10-4-1-8(2-5-10)12(17)16-14/h3,6-8,10H,1-2,4-5,14H2,(H,16,17)/t8-,10-. The number of hydrogen-bond acceptors (Lipinski definition) is 4. The zero-order valence-electron chi connectivity index (χ0n) is 9.93. The van der Waals surface area contributed by atoms with Crippen LogP contribution in [0.2, 0.25) is 0 Å². The summed E-state index contributed by atoms with van der Waals surface area (Å²) >= 11 is 3.33. The Morgan fingerprint density at radius 3 is 2.67 bits per heavy atom. The number of nitrogens with zero attached hydrogens (tertiary/aromatic N) is 1. The lowest BCUT2D eigenvalue weighted by atomic mass is 9.87. The molecular formula is C12H16BrN3O2. The lowest BCUT2D eigenvalue weighted by Gasteiger charge is -2.27. The molecule has 18 heavy (non-hydrogen) atoms. The van der Waals surface area contributed by atoms with Gasteiger partial charge in [-0.15, -0.1) is 0 Å². The Bertz CT molecular complexity index is 402. The van der Waals surface area contributed by atoms with Gasteiger partial charge in [0.1, 0.15) is 6.10 Å². The highest BCUT2D eigenvalue weighted by molar-refractivity contribution is 9.10. The van der Waals surface area contributed by atoms with E-state index >= 15 is 0 Å². The summed E-state index contributed by atoms with van der Waals surface area (Å²) in [5.74, 6) is 5.71. The molecule has 1 heterocycles. The molecule has 0 saturated heterocycles. The molecule has 6 heteroatoms. The van der Waals surface area contributed by atoms with Crippen molar-refractivity contribution in [2.75, 3.05) is 0 Å². The van der Waals surface area contributed by atoms with E-state index in [0.29, 0.717) is 5.88 Å². The third-order valence-electron chi connectivity index (χ3n) is 3.17. The van der Waals surface area contributed by atoms with Crippen molar-refractivity contribution in [2.24, 2.45) is 11.8 Å². The number of ether oxygens (including phenoxy) is 1. The zero-order chi connectivity index (χ0) is 13.0. The van der Waals surface area contributed by atoms with E-state index in [0.717, 1.165) is 30.2 Å². The summed E-state index contributed by atoms with van der Waals surface area (Å²) in [6, 6.07) is 3.73. The first-order chi connectivity index (χ1) is 8.69. The Balaban J connectivity index is 1.83. The topological polar surface area (TPSA) is 77.2 Å². The normalized spacial score (nSPS) is 23.4. The predicted molar refractivity (Wildman–Crippen MR) is 70.6 cm³/mol. The minimum atomic E-state index is -0.0739. The highest BCUT2D eigenvalue weighted by atomic mass is 79.9. The number of pyridine rings is 1. The van der Waals surface area contributed by atoms with Crippen LogP contribution >= 0.6 is 15.9 Å². The lowest BCUT2D eigenvalue weighted by Crippen LogP contribution is -2.38. The van der Waals surface area contributed by atoms with Crippen molar-refractivity contribution in [3.05, 3.63) is 22.8 Å². The van der Waals surface area contributed by atoms with E-state index in [1.165, 1.54) is 0 Å². The predicted octanol–water partition coefficient (Wildman–Crippen LogP) is 1.77. The second kappa shape index (κ2) is 6.15.